The van der Waals surface area contributed by atoms with Crippen LogP contribution in [0.1, 0.15) is 50.5 Å². The second kappa shape index (κ2) is 7.88. The van der Waals surface area contributed by atoms with Gasteiger partial charge in [0.1, 0.15) is 0 Å². The summed E-state index contributed by atoms with van der Waals surface area (Å²) in [6.07, 6.45) is 1.71. The molecule has 2 aliphatic heterocycles. The van der Waals surface area contributed by atoms with Crippen LogP contribution in [-0.4, -0.2) is 42.4 Å². The number of carbonyl (C=O) groups excluding carboxylic acids is 2. The lowest BCUT2D eigenvalue weighted by molar-refractivity contribution is -0.137. The summed E-state index contributed by atoms with van der Waals surface area (Å²) in [6.45, 7) is 1.87. The molecular formula is C21H26F3N3O2. The number of rotatable bonds is 4. The Balaban J connectivity index is 1.52. The summed E-state index contributed by atoms with van der Waals surface area (Å²) >= 11 is 0. The van der Waals surface area contributed by atoms with Gasteiger partial charge in [0.05, 0.1) is 22.9 Å². The van der Waals surface area contributed by atoms with Gasteiger partial charge in [-0.2, -0.15) is 13.2 Å². The Hall–Kier alpha value is -2.25. The number of amides is 2. The fourth-order valence-corrected chi connectivity index (χ4v) is 4.76. The largest absolute Gasteiger partial charge is 0.416 e. The van der Waals surface area contributed by atoms with Gasteiger partial charge in [-0.05, 0) is 43.9 Å². The van der Waals surface area contributed by atoms with E-state index in [2.05, 4.69) is 5.32 Å². The van der Waals surface area contributed by atoms with Crippen molar-refractivity contribution in [1.29, 1.82) is 0 Å². The summed E-state index contributed by atoms with van der Waals surface area (Å²) in [5.74, 6) is -0.927. The first-order valence-corrected chi connectivity index (χ1v) is 10.4. The molecule has 4 rings (SSSR count). The Morgan fingerprint density at radius 1 is 1.07 bits per heavy atom. The van der Waals surface area contributed by atoms with Crippen LogP contribution in [0.5, 0.6) is 0 Å². The van der Waals surface area contributed by atoms with Crippen molar-refractivity contribution in [3.8, 4) is 0 Å². The fraction of sp³-hybridized carbons (Fsp3) is 0.619. The summed E-state index contributed by atoms with van der Waals surface area (Å²) < 4.78 is 39.6. The smallest absolute Gasteiger partial charge is 0.370 e. The Kier molecular flexibility index (Phi) is 5.44. The van der Waals surface area contributed by atoms with E-state index in [0.29, 0.717) is 12.2 Å². The second-order valence-corrected chi connectivity index (χ2v) is 8.30. The number of benzene rings is 1. The number of hydrogen-bond acceptors (Lipinski definition) is 3. The zero-order valence-electron chi connectivity index (χ0n) is 16.3. The highest BCUT2D eigenvalue weighted by atomic mass is 19.4. The summed E-state index contributed by atoms with van der Waals surface area (Å²) in [5.41, 5.74) is 0.00476. The van der Waals surface area contributed by atoms with Crippen molar-refractivity contribution in [2.24, 2.45) is 5.92 Å². The molecular weight excluding hydrogens is 383 g/mol. The molecule has 0 unspecified atom stereocenters. The van der Waals surface area contributed by atoms with Crippen LogP contribution in [0, 0.1) is 5.92 Å². The van der Waals surface area contributed by atoms with E-state index in [9.17, 15) is 22.8 Å². The third-order valence-electron chi connectivity index (χ3n) is 6.32. The lowest BCUT2D eigenvalue weighted by atomic mass is 10.1. The SMILES string of the molecule is O=C(Nc1cc(C(F)(F)F)ccc1N1CCCC1)[C@H]1CC(=O)N(C2CCCC2)C1. The maximum atomic E-state index is 13.2. The van der Waals surface area contributed by atoms with Crippen LogP contribution in [0.3, 0.4) is 0 Å². The first kappa shape index (κ1) is 20.0. The van der Waals surface area contributed by atoms with E-state index in [1.807, 2.05) is 4.90 Å². The summed E-state index contributed by atoms with van der Waals surface area (Å²) in [5, 5.41) is 2.71. The minimum Gasteiger partial charge on any atom is -0.370 e. The van der Waals surface area contributed by atoms with Crippen LogP contribution in [0.15, 0.2) is 18.2 Å². The molecule has 2 amide bonds. The van der Waals surface area contributed by atoms with Crippen LogP contribution >= 0.6 is 0 Å². The average Bonchev–Trinajstić information content (AvgIpc) is 3.42. The second-order valence-electron chi connectivity index (χ2n) is 8.30. The third kappa shape index (κ3) is 4.21. The van der Waals surface area contributed by atoms with E-state index in [4.69, 9.17) is 0 Å². The number of anilines is 2. The maximum Gasteiger partial charge on any atom is 0.416 e. The van der Waals surface area contributed by atoms with Gasteiger partial charge in [0.2, 0.25) is 11.8 Å². The number of carbonyl (C=O) groups is 2. The minimum absolute atomic E-state index is 0.0270. The predicted octanol–water partition coefficient (Wildman–Crippen LogP) is 4.04. The summed E-state index contributed by atoms with van der Waals surface area (Å²) in [6, 6.07) is 3.71. The molecule has 1 saturated carbocycles. The molecule has 8 heteroatoms. The highest BCUT2D eigenvalue weighted by Crippen LogP contribution is 2.37. The topological polar surface area (TPSA) is 52.7 Å². The van der Waals surface area contributed by atoms with Gasteiger partial charge in [0, 0.05) is 32.1 Å². The lowest BCUT2D eigenvalue weighted by Gasteiger charge is -2.25. The molecule has 5 nitrogen and oxygen atoms in total. The van der Waals surface area contributed by atoms with Gasteiger partial charge < -0.3 is 15.1 Å². The minimum atomic E-state index is -4.48. The summed E-state index contributed by atoms with van der Waals surface area (Å²) in [4.78, 5) is 29.0. The Morgan fingerprint density at radius 3 is 2.41 bits per heavy atom. The molecule has 2 saturated heterocycles. The van der Waals surface area contributed by atoms with E-state index in [1.54, 1.807) is 4.90 Å². The molecule has 158 valence electrons. The first-order chi connectivity index (χ1) is 13.8. The zero-order valence-corrected chi connectivity index (χ0v) is 16.3. The Bertz CT molecular complexity index is 784. The molecule has 3 fully saturated rings. The quantitative estimate of drug-likeness (QED) is 0.817. The normalized spacial score (nSPS) is 23.3. The number of hydrogen-bond donors (Lipinski definition) is 1. The van der Waals surface area contributed by atoms with Gasteiger partial charge in [-0.25, -0.2) is 0 Å². The highest BCUT2D eigenvalue weighted by Gasteiger charge is 2.39. The fourth-order valence-electron chi connectivity index (χ4n) is 4.76. The molecule has 1 N–H and O–H groups in total. The van der Waals surface area contributed by atoms with Gasteiger partial charge in [-0.1, -0.05) is 12.8 Å². The van der Waals surface area contributed by atoms with E-state index < -0.39 is 17.7 Å². The van der Waals surface area contributed by atoms with Crippen LogP contribution in [0.25, 0.3) is 0 Å². The molecule has 29 heavy (non-hydrogen) atoms. The monoisotopic (exact) mass is 409 g/mol. The van der Waals surface area contributed by atoms with Gasteiger partial charge in [-0.15, -0.1) is 0 Å². The van der Waals surface area contributed by atoms with Crippen LogP contribution in [0.2, 0.25) is 0 Å². The predicted molar refractivity (Wildman–Crippen MR) is 104 cm³/mol. The summed E-state index contributed by atoms with van der Waals surface area (Å²) in [7, 11) is 0. The third-order valence-corrected chi connectivity index (χ3v) is 6.32. The molecule has 0 aromatic heterocycles. The number of nitrogens with zero attached hydrogens (tertiary/aromatic N) is 2. The molecule has 0 radical (unpaired) electrons. The molecule has 1 atom stereocenters. The Morgan fingerprint density at radius 2 is 1.76 bits per heavy atom. The van der Waals surface area contributed by atoms with Crippen molar-refractivity contribution in [3.63, 3.8) is 0 Å². The number of alkyl halides is 3. The molecule has 1 aliphatic carbocycles. The zero-order chi connectivity index (χ0) is 20.6. The molecule has 1 aromatic carbocycles. The van der Waals surface area contributed by atoms with Crippen molar-refractivity contribution in [3.05, 3.63) is 23.8 Å². The van der Waals surface area contributed by atoms with Crippen LogP contribution < -0.4 is 10.2 Å². The average molecular weight is 409 g/mol. The van der Waals surface area contributed by atoms with E-state index in [0.717, 1.165) is 63.7 Å². The van der Waals surface area contributed by atoms with Gasteiger partial charge >= 0.3 is 6.18 Å². The van der Waals surface area contributed by atoms with E-state index >= 15 is 0 Å². The molecule has 1 aromatic rings. The molecule has 0 spiro atoms. The highest BCUT2D eigenvalue weighted by molar-refractivity contribution is 5.99. The van der Waals surface area contributed by atoms with Crippen molar-refractivity contribution >= 4 is 23.2 Å². The van der Waals surface area contributed by atoms with E-state index in [-0.39, 0.29) is 30.0 Å². The lowest BCUT2D eigenvalue weighted by Crippen LogP contribution is -2.35. The number of halogens is 3. The Labute approximate surface area is 168 Å². The number of likely N-dealkylation sites (tertiary alicyclic amines) is 1. The molecule has 3 aliphatic rings. The maximum absolute atomic E-state index is 13.2. The van der Waals surface area contributed by atoms with Crippen molar-refractivity contribution < 1.29 is 22.8 Å². The van der Waals surface area contributed by atoms with E-state index in [1.165, 1.54) is 6.07 Å². The van der Waals surface area contributed by atoms with Crippen molar-refractivity contribution in [2.45, 2.75) is 57.2 Å². The van der Waals surface area contributed by atoms with Crippen molar-refractivity contribution in [2.75, 3.05) is 29.9 Å². The number of nitrogens with one attached hydrogen (secondary N) is 1. The standard InChI is InChI=1S/C21H26F3N3O2/c22-21(23,24)15-7-8-18(26-9-3-4-10-26)17(12-15)25-20(29)14-11-19(28)27(13-14)16-5-1-2-6-16/h7-8,12,14,16H,1-6,9-11,13H2,(H,25,29)/t14-/m0/s1. The van der Waals surface area contributed by atoms with Crippen LogP contribution in [0.4, 0.5) is 24.5 Å². The van der Waals surface area contributed by atoms with Crippen LogP contribution in [-0.2, 0) is 15.8 Å². The van der Waals surface area contributed by atoms with Crippen molar-refractivity contribution in [1.82, 2.24) is 4.90 Å². The molecule has 0 bridgehead atoms. The molecule has 2 heterocycles. The van der Waals surface area contributed by atoms with Gasteiger partial charge in [0.25, 0.3) is 0 Å². The van der Waals surface area contributed by atoms with Gasteiger partial charge in [-0.3, -0.25) is 9.59 Å². The first-order valence-electron chi connectivity index (χ1n) is 10.4. The van der Waals surface area contributed by atoms with Gasteiger partial charge in [0.15, 0.2) is 0 Å².